The molecule has 2 aromatic carbocycles. The molecule has 6 heteroatoms. The van der Waals surface area contributed by atoms with Crippen LogP contribution in [0, 0.1) is 0 Å². The maximum absolute atomic E-state index is 12.9. The van der Waals surface area contributed by atoms with Gasteiger partial charge in [0.2, 0.25) is 0 Å². The molecule has 0 spiro atoms. The summed E-state index contributed by atoms with van der Waals surface area (Å²) in [6.45, 7) is -0.136. The van der Waals surface area contributed by atoms with Crippen molar-refractivity contribution < 1.29 is 27.4 Å². The monoisotopic (exact) mass is 308 g/mol. The number of para-hydroxylation sites is 1. The smallest absolute Gasteiger partial charge is 0.419 e. The lowest BCUT2D eigenvalue weighted by molar-refractivity contribution is -0.139. The molecule has 0 unspecified atom stereocenters. The van der Waals surface area contributed by atoms with E-state index in [0.29, 0.717) is 11.3 Å². The Morgan fingerprint density at radius 1 is 1.05 bits per heavy atom. The first-order chi connectivity index (χ1) is 10.4. The fourth-order valence-corrected chi connectivity index (χ4v) is 2.12. The molecule has 0 fully saturated rings. The highest BCUT2D eigenvalue weighted by atomic mass is 19.4. The average Bonchev–Trinajstić information content (AvgIpc) is 2.86. The van der Waals surface area contributed by atoms with Crippen molar-refractivity contribution in [3.05, 3.63) is 59.9 Å². The zero-order valence-corrected chi connectivity index (χ0v) is 11.2. The van der Waals surface area contributed by atoms with Crippen LogP contribution in [0.4, 0.5) is 13.2 Å². The van der Waals surface area contributed by atoms with Crippen LogP contribution < -0.4 is 4.74 Å². The molecular weight excluding hydrogens is 297 g/mol. The highest BCUT2D eigenvalue weighted by Gasteiger charge is 2.34. The van der Waals surface area contributed by atoms with Crippen molar-refractivity contribution in [3.63, 3.8) is 0 Å². The zero-order chi connectivity index (χ0) is 15.7. The van der Waals surface area contributed by atoms with Crippen LogP contribution in [-0.4, -0.2) is 5.11 Å². The molecule has 3 rings (SSSR count). The summed E-state index contributed by atoms with van der Waals surface area (Å²) >= 11 is 0. The molecule has 3 aromatic rings. The minimum absolute atomic E-state index is 0.0525. The zero-order valence-electron chi connectivity index (χ0n) is 11.2. The number of ether oxygens (including phenoxy) is 1. The molecule has 0 saturated heterocycles. The van der Waals surface area contributed by atoms with Crippen molar-refractivity contribution in [1.29, 1.82) is 0 Å². The number of aromatic hydroxyl groups is 1. The van der Waals surface area contributed by atoms with Crippen LogP contribution in [0.1, 0.15) is 11.3 Å². The second-order valence-corrected chi connectivity index (χ2v) is 4.72. The number of furan rings is 1. The van der Waals surface area contributed by atoms with Crippen LogP contribution in [0.5, 0.6) is 11.5 Å². The molecule has 1 heterocycles. The molecular formula is C16H11F3O3. The predicted molar refractivity (Wildman–Crippen MR) is 73.7 cm³/mol. The maximum Gasteiger partial charge on any atom is 0.419 e. The van der Waals surface area contributed by atoms with Crippen molar-refractivity contribution in [3.8, 4) is 11.5 Å². The Bertz CT molecular complexity index is 806. The van der Waals surface area contributed by atoms with E-state index in [2.05, 4.69) is 0 Å². The second-order valence-electron chi connectivity index (χ2n) is 4.72. The quantitative estimate of drug-likeness (QED) is 0.760. The predicted octanol–water partition coefficient (Wildman–Crippen LogP) is 4.74. The summed E-state index contributed by atoms with van der Waals surface area (Å²) in [5.74, 6) is 0.174. The van der Waals surface area contributed by atoms with Gasteiger partial charge in [-0.15, -0.1) is 0 Å². The van der Waals surface area contributed by atoms with E-state index in [9.17, 15) is 18.3 Å². The molecule has 1 N–H and O–H groups in total. The standard InChI is InChI=1S/C16H11F3O3/c17-16(18,19)13-3-1-2-4-14(13)21-9-12-7-10-5-6-11(20)8-15(10)22-12/h1-8,20H,9H2. The number of fused-ring (bicyclic) bond motifs is 1. The van der Waals surface area contributed by atoms with Crippen LogP contribution in [0.25, 0.3) is 11.0 Å². The molecule has 22 heavy (non-hydrogen) atoms. The number of phenolic OH excluding ortho intramolecular Hbond substituents is 1. The number of rotatable bonds is 3. The molecule has 0 radical (unpaired) electrons. The van der Waals surface area contributed by atoms with Crippen molar-refractivity contribution >= 4 is 11.0 Å². The number of halogens is 3. The summed E-state index contributed by atoms with van der Waals surface area (Å²) in [6, 6.07) is 11.3. The first kappa shape index (κ1) is 14.3. The molecule has 0 bridgehead atoms. The van der Waals surface area contributed by atoms with E-state index < -0.39 is 11.7 Å². The lowest BCUT2D eigenvalue weighted by Gasteiger charge is -2.12. The van der Waals surface area contributed by atoms with E-state index in [-0.39, 0.29) is 18.1 Å². The van der Waals surface area contributed by atoms with Crippen molar-refractivity contribution in [2.45, 2.75) is 12.8 Å². The maximum atomic E-state index is 12.9. The van der Waals surface area contributed by atoms with Crippen molar-refractivity contribution in [2.24, 2.45) is 0 Å². The topological polar surface area (TPSA) is 42.6 Å². The van der Waals surface area contributed by atoms with Gasteiger partial charge in [0, 0.05) is 11.5 Å². The number of hydrogen-bond acceptors (Lipinski definition) is 3. The fraction of sp³-hybridized carbons (Fsp3) is 0.125. The molecule has 114 valence electrons. The summed E-state index contributed by atoms with van der Waals surface area (Å²) in [5.41, 5.74) is -0.383. The fourth-order valence-electron chi connectivity index (χ4n) is 2.12. The summed E-state index contributed by atoms with van der Waals surface area (Å²) < 4.78 is 49.2. The van der Waals surface area contributed by atoms with Gasteiger partial charge in [-0.1, -0.05) is 12.1 Å². The van der Waals surface area contributed by atoms with Crippen LogP contribution >= 0.6 is 0 Å². The first-order valence-electron chi connectivity index (χ1n) is 6.44. The first-order valence-corrected chi connectivity index (χ1v) is 6.44. The molecule has 3 nitrogen and oxygen atoms in total. The van der Waals surface area contributed by atoms with Gasteiger partial charge < -0.3 is 14.3 Å². The Balaban J connectivity index is 1.82. The summed E-state index contributed by atoms with van der Waals surface area (Å²) in [6.07, 6.45) is -4.48. The lowest BCUT2D eigenvalue weighted by Crippen LogP contribution is -2.08. The third-order valence-electron chi connectivity index (χ3n) is 3.12. The molecule has 0 saturated carbocycles. The molecule has 0 atom stereocenters. The minimum Gasteiger partial charge on any atom is -0.508 e. The second kappa shape index (κ2) is 5.29. The minimum atomic E-state index is -4.48. The van der Waals surface area contributed by atoms with Crippen LogP contribution in [0.3, 0.4) is 0 Å². The van der Waals surface area contributed by atoms with Gasteiger partial charge in [0.25, 0.3) is 0 Å². The Hall–Kier alpha value is -2.63. The largest absolute Gasteiger partial charge is 0.508 e. The molecule has 0 amide bonds. The van der Waals surface area contributed by atoms with Crippen LogP contribution in [0.2, 0.25) is 0 Å². The number of phenols is 1. The van der Waals surface area contributed by atoms with Crippen molar-refractivity contribution in [2.75, 3.05) is 0 Å². The van der Waals surface area contributed by atoms with E-state index in [1.54, 1.807) is 12.1 Å². The average molecular weight is 308 g/mol. The number of hydrogen-bond donors (Lipinski definition) is 1. The third-order valence-corrected chi connectivity index (χ3v) is 3.12. The Kier molecular flexibility index (Phi) is 3.44. The van der Waals surface area contributed by atoms with Gasteiger partial charge in [-0.2, -0.15) is 13.2 Å². The third kappa shape index (κ3) is 2.86. The SMILES string of the molecule is Oc1ccc2cc(COc3ccccc3C(F)(F)F)oc2c1. The van der Waals surface area contributed by atoms with E-state index in [1.807, 2.05) is 0 Å². The van der Waals surface area contributed by atoms with E-state index in [0.717, 1.165) is 11.5 Å². The number of benzene rings is 2. The van der Waals surface area contributed by atoms with E-state index in [4.69, 9.17) is 9.15 Å². The van der Waals surface area contributed by atoms with Crippen molar-refractivity contribution in [1.82, 2.24) is 0 Å². The van der Waals surface area contributed by atoms with Crippen LogP contribution in [-0.2, 0) is 12.8 Å². The van der Waals surface area contributed by atoms with Gasteiger partial charge >= 0.3 is 6.18 Å². The Labute approximate surface area is 123 Å². The Morgan fingerprint density at radius 2 is 1.82 bits per heavy atom. The molecule has 0 aliphatic carbocycles. The highest BCUT2D eigenvalue weighted by molar-refractivity contribution is 5.79. The normalized spacial score (nSPS) is 11.8. The lowest BCUT2D eigenvalue weighted by atomic mass is 10.2. The van der Waals surface area contributed by atoms with E-state index in [1.165, 1.54) is 30.3 Å². The highest BCUT2D eigenvalue weighted by Crippen LogP contribution is 2.36. The number of alkyl halides is 3. The van der Waals surface area contributed by atoms with Crippen LogP contribution in [0.15, 0.2) is 52.9 Å². The van der Waals surface area contributed by atoms with Gasteiger partial charge in [-0.05, 0) is 30.3 Å². The molecule has 1 aromatic heterocycles. The van der Waals surface area contributed by atoms with Gasteiger partial charge in [0.05, 0.1) is 5.56 Å². The summed E-state index contributed by atoms with van der Waals surface area (Å²) in [4.78, 5) is 0. The summed E-state index contributed by atoms with van der Waals surface area (Å²) in [5, 5.41) is 10.1. The summed E-state index contributed by atoms with van der Waals surface area (Å²) in [7, 11) is 0. The van der Waals surface area contributed by atoms with Gasteiger partial charge in [0.15, 0.2) is 0 Å². The molecule has 0 aliphatic rings. The van der Waals surface area contributed by atoms with Gasteiger partial charge in [-0.25, -0.2) is 0 Å². The van der Waals surface area contributed by atoms with E-state index >= 15 is 0 Å². The van der Waals surface area contributed by atoms with Gasteiger partial charge in [0.1, 0.15) is 29.4 Å². The molecule has 0 aliphatic heterocycles. The Morgan fingerprint density at radius 3 is 2.59 bits per heavy atom. The van der Waals surface area contributed by atoms with Gasteiger partial charge in [-0.3, -0.25) is 0 Å².